The van der Waals surface area contributed by atoms with Crippen molar-refractivity contribution < 1.29 is 0 Å². The van der Waals surface area contributed by atoms with Crippen LogP contribution in [-0.2, 0) is 5.41 Å². The van der Waals surface area contributed by atoms with E-state index in [4.69, 9.17) is 0 Å². The zero-order chi connectivity index (χ0) is 11.9. The molecule has 2 rings (SSSR count). The van der Waals surface area contributed by atoms with Crippen LogP contribution in [0, 0.1) is 0 Å². The van der Waals surface area contributed by atoms with Crippen LogP contribution in [0.15, 0.2) is 12.1 Å². The van der Waals surface area contributed by atoms with E-state index in [1.807, 2.05) is 22.7 Å². The molecule has 2 aromatic rings. The Morgan fingerprint density at radius 1 is 1.12 bits per heavy atom. The molecule has 0 spiro atoms. The molecule has 0 atom stereocenters. The molecule has 0 aromatic carbocycles. The highest BCUT2D eigenvalue weighted by molar-refractivity contribution is 7.42. The molecule has 2 aromatic heterocycles. The Balaban J connectivity index is 2.33. The van der Waals surface area contributed by atoms with Gasteiger partial charge < -0.3 is 0 Å². The van der Waals surface area contributed by atoms with Gasteiger partial charge in [0.15, 0.2) is 0 Å². The first-order valence-corrected chi connectivity index (χ1v) is 9.04. The molecule has 0 aliphatic carbocycles. The Labute approximate surface area is 112 Å². The molecule has 0 N–H and O–H groups in total. The van der Waals surface area contributed by atoms with Gasteiger partial charge in [0.2, 0.25) is 0 Å². The van der Waals surface area contributed by atoms with Gasteiger partial charge >= 0.3 is 15.2 Å². The summed E-state index contributed by atoms with van der Waals surface area (Å²) in [4.78, 5) is 1.52. The summed E-state index contributed by atoms with van der Waals surface area (Å²) in [6, 6.07) is 4.84. The first-order valence-electron chi connectivity index (χ1n) is 5.89. The molecule has 0 unspecified atom stereocenters. The lowest BCUT2D eigenvalue weighted by Gasteiger charge is -2.15. The third kappa shape index (κ3) is 2.71. The quantitative estimate of drug-likeness (QED) is 0.716. The maximum Gasteiger partial charge on any atom is 0.302 e. The predicted molar refractivity (Wildman–Crippen MR) is 80.3 cm³/mol. The number of rotatable bonds is 2. The summed E-state index contributed by atoms with van der Waals surface area (Å²) in [7, 11) is 0. The van der Waals surface area contributed by atoms with Crippen molar-refractivity contribution in [3.05, 3.63) is 17.0 Å². The third-order valence-corrected chi connectivity index (χ3v) is 7.64. The third-order valence-electron chi connectivity index (χ3n) is 2.61. The number of hydrogen-bond acceptors (Lipinski definition) is 2. The van der Waals surface area contributed by atoms with Crippen LogP contribution in [0.5, 0.6) is 0 Å². The summed E-state index contributed by atoms with van der Waals surface area (Å²) in [5, 5.41) is 1.49. The Hall–Kier alpha value is 0.192. The Bertz CT molecular complexity index is 454. The van der Waals surface area contributed by atoms with E-state index in [0.717, 1.165) is 4.78 Å². The second-order valence-corrected chi connectivity index (χ2v) is 11.7. The van der Waals surface area contributed by atoms with Gasteiger partial charge in [0.05, 0.1) is 4.01 Å². The Morgan fingerprint density at radius 3 is 2.31 bits per heavy atom. The highest BCUT2D eigenvalue weighted by Crippen LogP contribution is 2.36. The van der Waals surface area contributed by atoms with Crippen LogP contribution >= 0.6 is 22.7 Å². The lowest BCUT2D eigenvalue weighted by atomic mass is 9.94. The van der Waals surface area contributed by atoms with Crippen molar-refractivity contribution in [1.82, 2.24) is 0 Å². The fraction of sp³-hybridized carbons (Fsp3) is 0.538. The van der Waals surface area contributed by atoms with Gasteiger partial charge in [-0.25, -0.2) is 0 Å². The van der Waals surface area contributed by atoms with E-state index in [0.29, 0.717) is 5.41 Å². The van der Waals surface area contributed by atoms with E-state index in [9.17, 15) is 0 Å². The average Bonchev–Trinajstić information content (AvgIpc) is 2.57. The van der Waals surface area contributed by atoms with Crippen molar-refractivity contribution >= 4 is 51.0 Å². The van der Waals surface area contributed by atoms with E-state index < -0.39 is 0 Å². The van der Waals surface area contributed by atoms with E-state index in [-0.39, 0.29) is 15.2 Å². The summed E-state index contributed by atoms with van der Waals surface area (Å²) < 4.78 is 4.11. The maximum atomic E-state index is 2.44. The van der Waals surface area contributed by atoms with Crippen molar-refractivity contribution in [3.63, 3.8) is 0 Å². The maximum absolute atomic E-state index is 2.44. The van der Waals surface area contributed by atoms with Crippen molar-refractivity contribution in [2.45, 2.75) is 44.8 Å². The van der Waals surface area contributed by atoms with Crippen LogP contribution in [0.25, 0.3) is 9.40 Å². The van der Waals surface area contributed by atoms with Crippen molar-refractivity contribution in [2.75, 3.05) is 0 Å². The van der Waals surface area contributed by atoms with Crippen LogP contribution in [0.2, 0.25) is 4.78 Å². The van der Waals surface area contributed by atoms with Gasteiger partial charge in [-0.05, 0) is 11.5 Å². The second kappa shape index (κ2) is 4.46. The largest absolute Gasteiger partial charge is 0.302 e. The molecule has 0 nitrogen and oxygen atoms in total. The van der Waals surface area contributed by atoms with Gasteiger partial charge in [-0.2, -0.15) is 0 Å². The van der Waals surface area contributed by atoms with Crippen molar-refractivity contribution in [1.29, 1.82) is 0 Å². The summed E-state index contributed by atoms with van der Waals surface area (Å²) in [6.45, 7) is 11.6. The number of fused-ring (bicyclic) bond motifs is 1. The molecular weight excluding hydrogens is 247 g/mol. The molecule has 2 heterocycles. The van der Waals surface area contributed by atoms with E-state index in [1.54, 1.807) is 3.74 Å². The van der Waals surface area contributed by atoms with Crippen LogP contribution < -0.4 is 3.74 Å². The van der Waals surface area contributed by atoms with E-state index >= 15 is 0 Å². The molecule has 0 aliphatic rings. The van der Waals surface area contributed by atoms with Gasteiger partial charge in [-0.1, -0.05) is 49.2 Å². The molecule has 0 fully saturated rings. The minimum absolute atomic E-state index is 0.0278. The molecular formula is C13H19AlS2. The highest BCUT2D eigenvalue weighted by Gasteiger charge is 2.18. The van der Waals surface area contributed by atoms with E-state index in [1.165, 1.54) is 14.3 Å². The summed E-state index contributed by atoms with van der Waals surface area (Å²) in [5.74, 6) is 0. The van der Waals surface area contributed by atoms with E-state index in [2.05, 4.69) is 46.8 Å². The molecule has 86 valence electrons. The lowest BCUT2D eigenvalue weighted by Crippen LogP contribution is -2.11. The van der Waals surface area contributed by atoms with Gasteiger partial charge in [0.1, 0.15) is 0 Å². The van der Waals surface area contributed by atoms with Crippen LogP contribution in [0.1, 0.15) is 39.5 Å². The monoisotopic (exact) mass is 266 g/mol. The van der Waals surface area contributed by atoms with Crippen LogP contribution in [0.3, 0.4) is 0 Å². The van der Waals surface area contributed by atoms with Gasteiger partial charge in [0.25, 0.3) is 0 Å². The predicted octanol–water partition coefficient (Wildman–Crippen LogP) is 4.15. The molecule has 0 aliphatic heterocycles. The number of thiophene rings is 2. The highest BCUT2D eigenvalue weighted by atomic mass is 32.2. The van der Waals surface area contributed by atoms with Crippen LogP contribution in [-0.4, -0.2) is 15.2 Å². The minimum Gasteiger partial charge on any atom is -0.148 e. The number of hydrogen-bond donors (Lipinski definition) is 0. The molecule has 0 bridgehead atoms. The molecule has 16 heavy (non-hydrogen) atoms. The normalized spacial score (nSPS) is 12.6. The van der Waals surface area contributed by atoms with Crippen molar-refractivity contribution in [3.8, 4) is 0 Å². The minimum atomic E-state index is -0.0278. The summed E-state index contributed by atoms with van der Waals surface area (Å²) in [6.07, 6.45) is 0. The summed E-state index contributed by atoms with van der Waals surface area (Å²) >= 11 is 4.01. The standard InChI is InChI=1S/C10H11S2.C3H7.Al.H/c1-10(2,3)8-6-7-4-5-11-9(7)12-8;1-3-2;;/h4,6H,1-3H3;3H,1-2H3;;. The van der Waals surface area contributed by atoms with Gasteiger partial charge in [-0.15, -0.1) is 22.7 Å². The zero-order valence-electron chi connectivity index (χ0n) is 10.8. The second-order valence-electron chi connectivity index (χ2n) is 5.91. The van der Waals surface area contributed by atoms with Crippen LogP contribution in [0.4, 0.5) is 0 Å². The topological polar surface area (TPSA) is 0 Å². The summed E-state index contributed by atoms with van der Waals surface area (Å²) in [5.41, 5.74) is 0.305. The average molecular weight is 266 g/mol. The fourth-order valence-corrected chi connectivity index (χ4v) is 7.33. The molecule has 3 heteroatoms. The Kier molecular flexibility index (Phi) is 3.53. The zero-order valence-corrected chi connectivity index (χ0v) is 13.8. The first kappa shape index (κ1) is 12.6. The molecule has 0 amide bonds. The lowest BCUT2D eigenvalue weighted by molar-refractivity contribution is 0.604. The molecule has 0 saturated carbocycles. The Morgan fingerprint density at radius 2 is 1.81 bits per heavy atom. The SMILES string of the molecule is C[CH](C)[AlH][c]1cc2cc(C(C)(C)C)sc2s1. The smallest absolute Gasteiger partial charge is 0.148 e. The van der Waals surface area contributed by atoms with Gasteiger partial charge in [0, 0.05) is 10.3 Å². The molecule has 0 radical (unpaired) electrons. The first-order chi connectivity index (χ1) is 7.36. The van der Waals surface area contributed by atoms with Crippen molar-refractivity contribution in [2.24, 2.45) is 0 Å². The van der Waals surface area contributed by atoms with Gasteiger partial charge in [-0.3, -0.25) is 0 Å². The molecule has 0 saturated heterocycles. The fourth-order valence-electron chi connectivity index (χ4n) is 1.76.